The van der Waals surface area contributed by atoms with E-state index in [0.717, 1.165) is 28.4 Å². The molecule has 3 aromatic carbocycles. The van der Waals surface area contributed by atoms with Crippen LogP contribution < -0.4 is 14.2 Å². The third-order valence-electron chi connectivity index (χ3n) is 7.54. The van der Waals surface area contributed by atoms with Crippen LogP contribution in [0.3, 0.4) is 0 Å². The fourth-order valence-corrected chi connectivity index (χ4v) is 7.18. The molecule has 0 saturated heterocycles. The van der Waals surface area contributed by atoms with Crippen molar-refractivity contribution < 1.29 is 27.8 Å². The molecule has 0 fully saturated rings. The number of para-hydroxylation sites is 2. The van der Waals surface area contributed by atoms with E-state index in [9.17, 15) is 18.3 Å². The molecule has 1 aromatic heterocycles. The zero-order valence-corrected chi connectivity index (χ0v) is 26.6. The third kappa shape index (κ3) is 7.41. The summed E-state index contributed by atoms with van der Waals surface area (Å²) in [4.78, 5) is 17.5. The minimum absolute atomic E-state index is 0.132. The number of benzene rings is 3. The minimum Gasteiger partial charge on any atom is -0.486 e. The van der Waals surface area contributed by atoms with Gasteiger partial charge in [-0.05, 0) is 67.4 Å². The molecule has 3 atom stereocenters. The van der Waals surface area contributed by atoms with E-state index in [1.54, 1.807) is 41.5 Å². The number of rotatable bonds is 11. The van der Waals surface area contributed by atoms with Gasteiger partial charge in [-0.3, -0.25) is 14.4 Å². The van der Waals surface area contributed by atoms with Crippen molar-refractivity contribution in [1.29, 1.82) is 0 Å². The molecule has 1 amide bonds. The van der Waals surface area contributed by atoms with Gasteiger partial charge in [-0.25, -0.2) is 8.42 Å². The lowest BCUT2D eigenvalue weighted by molar-refractivity contribution is 0.0344. The first-order valence-electron chi connectivity index (χ1n) is 14.4. The second kappa shape index (κ2) is 13.8. The Morgan fingerprint density at radius 1 is 1.05 bits per heavy atom. The van der Waals surface area contributed by atoms with E-state index in [-0.39, 0.29) is 39.6 Å². The normalized spacial score (nSPS) is 17.8. The van der Waals surface area contributed by atoms with Crippen molar-refractivity contribution in [2.45, 2.75) is 36.7 Å². The molecule has 0 saturated carbocycles. The Labute approximate surface area is 262 Å². The summed E-state index contributed by atoms with van der Waals surface area (Å²) < 4.78 is 41.6. The number of likely N-dealkylation sites (N-methyl/N-ethyl adjacent to an activating group) is 1. The first kappa shape index (κ1) is 31.5. The number of hydrogen-bond donors (Lipinski definition) is 2. The van der Waals surface area contributed by atoms with E-state index in [2.05, 4.69) is 9.62 Å². The van der Waals surface area contributed by atoms with Crippen LogP contribution in [0.4, 0.5) is 5.69 Å². The molecule has 0 unspecified atom stereocenters. The second-order valence-corrected chi connectivity index (χ2v) is 14.0. The molecule has 2 heterocycles. The van der Waals surface area contributed by atoms with E-state index in [1.807, 2.05) is 68.6 Å². The highest BCUT2D eigenvalue weighted by Gasteiger charge is 2.35. The quantitative estimate of drug-likeness (QED) is 0.218. The molecule has 44 heavy (non-hydrogen) atoms. The summed E-state index contributed by atoms with van der Waals surface area (Å²) >= 11 is 1.10. The smallest absolute Gasteiger partial charge is 0.271 e. The zero-order chi connectivity index (χ0) is 31.3. The van der Waals surface area contributed by atoms with E-state index >= 15 is 0 Å². The van der Waals surface area contributed by atoms with Crippen molar-refractivity contribution in [3.63, 3.8) is 0 Å². The molecule has 2 N–H and O–H groups in total. The predicted octanol–water partition coefficient (Wildman–Crippen LogP) is 5.69. The molecule has 9 nitrogen and oxygen atoms in total. The average Bonchev–Trinajstić information content (AvgIpc) is 3.57. The van der Waals surface area contributed by atoms with Crippen LogP contribution in [0.5, 0.6) is 17.2 Å². The van der Waals surface area contributed by atoms with Gasteiger partial charge in [0.1, 0.15) is 21.8 Å². The van der Waals surface area contributed by atoms with Crippen molar-refractivity contribution >= 4 is 33.0 Å². The molecule has 1 aliphatic heterocycles. The van der Waals surface area contributed by atoms with Crippen molar-refractivity contribution in [3.05, 3.63) is 101 Å². The molecule has 0 bridgehead atoms. The molecule has 232 valence electrons. The summed E-state index contributed by atoms with van der Waals surface area (Å²) in [5.74, 6) is 1.24. The third-order valence-corrected chi connectivity index (χ3v) is 10.3. The molecule has 1 aliphatic rings. The zero-order valence-electron chi connectivity index (χ0n) is 24.9. The van der Waals surface area contributed by atoms with Gasteiger partial charge in [-0.15, -0.1) is 11.3 Å². The van der Waals surface area contributed by atoms with E-state index in [4.69, 9.17) is 9.47 Å². The predicted molar refractivity (Wildman–Crippen MR) is 172 cm³/mol. The lowest BCUT2D eigenvalue weighted by Gasteiger charge is -2.38. The summed E-state index contributed by atoms with van der Waals surface area (Å²) in [7, 11) is -1.90. The lowest BCUT2D eigenvalue weighted by Crippen LogP contribution is -2.49. The Kier molecular flexibility index (Phi) is 9.90. The van der Waals surface area contributed by atoms with Gasteiger partial charge in [0.25, 0.3) is 15.9 Å². The van der Waals surface area contributed by atoms with Gasteiger partial charge in [-0.2, -0.15) is 0 Å². The van der Waals surface area contributed by atoms with Gasteiger partial charge in [-0.1, -0.05) is 49.4 Å². The maximum atomic E-state index is 13.7. The largest absolute Gasteiger partial charge is 0.486 e. The Bertz CT molecular complexity index is 1650. The van der Waals surface area contributed by atoms with Crippen LogP contribution >= 0.6 is 11.3 Å². The van der Waals surface area contributed by atoms with Crippen LogP contribution in [0.2, 0.25) is 0 Å². The van der Waals surface area contributed by atoms with E-state index in [0.29, 0.717) is 19.6 Å². The Hall–Kier alpha value is -3.90. The van der Waals surface area contributed by atoms with Crippen molar-refractivity contribution in [1.82, 2.24) is 9.80 Å². The van der Waals surface area contributed by atoms with Crippen LogP contribution in [-0.4, -0.2) is 68.1 Å². The molecular weight excluding hydrogens is 599 g/mol. The van der Waals surface area contributed by atoms with Gasteiger partial charge in [0.15, 0.2) is 5.75 Å². The summed E-state index contributed by atoms with van der Waals surface area (Å²) in [6.07, 6.45) is -0.395. The van der Waals surface area contributed by atoms with Gasteiger partial charge in [0.2, 0.25) is 0 Å². The number of fused-ring (bicyclic) bond motifs is 1. The lowest BCUT2D eigenvalue weighted by atomic mass is 9.99. The molecule has 0 spiro atoms. The highest BCUT2D eigenvalue weighted by Crippen LogP contribution is 2.36. The average molecular weight is 636 g/mol. The number of nitrogens with zero attached hydrogens (tertiary/aromatic N) is 2. The van der Waals surface area contributed by atoms with Crippen molar-refractivity contribution in [3.8, 4) is 17.2 Å². The van der Waals surface area contributed by atoms with Crippen LogP contribution in [0.15, 0.2) is 94.5 Å². The SMILES string of the molecule is C[C@@H]1CN([C@H](C)CO)C(=O)c2cccc(NS(=O)(=O)c3cccs3)c2O[C@H]1CN(C)Cc1ccc(Oc2ccccc2)cc1. The van der Waals surface area contributed by atoms with Crippen LogP contribution in [-0.2, 0) is 16.6 Å². The fraction of sp³-hybridized carbons (Fsp3) is 0.303. The monoisotopic (exact) mass is 635 g/mol. The minimum atomic E-state index is -3.89. The highest BCUT2D eigenvalue weighted by atomic mass is 32.2. The highest BCUT2D eigenvalue weighted by molar-refractivity contribution is 7.94. The molecule has 0 radical (unpaired) electrons. The second-order valence-electron chi connectivity index (χ2n) is 11.1. The molecule has 4 aromatic rings. The number of carbonyl (C=O) groups is 1. The topological polar surface area (TPSA) is 108 Å². The number of carbonyl (C=O) groups excluding carboxylic acids is 1. The number of aliphatic hydroxyl groups is 1. The van der Waals surface area contributed by atoms with E-state index < -0.39 is 22.2 Å². The fourth-order valence-electron chi connectivity index (χ4n) is 5.12. The van der Waals surface area contributed by atoms with Crippen LogP contribution in [0.25, 0.3) is 0 Å². The Morgan fingerprint density at radius 2 is 1.77 bits per heavy atom. The number of ether oxygens (including phenoxy) is 2. The van der Waals surface area contributed by atoms with Gasteiger partial charge < -0.3 is 19.5 Å². The molecule has 11 heteroatoms. The standard InChI is InChI=1S/C33H37N3O6S2/c1-23-19-36(24(2)22-37)33(38)28-11-7-12-29(34-44(39,40)31-13-8-18-43-31)32(28)42-30(23)21-35(3)20-25-14-16-27(17-15-25)41-26-9-5-4-6-10-26/h4-18,23-24,30,34,37H,19-22H2,1-3H3/t23-,24-,30+/m1/s1. The number of thiophene rings is 1. The van der Waals surface area contributed by atoms with Crippen LogP contribution in [0, 0.1) is 5.92 Å². The number of hydrogen-bond acceptors (Lipinski definition) is 8. The first-order valence-corrected chi connectivity index (χ1v) is 16.8. The summed E-state index contributed by atoms with van der Waals surface area (Å²) in [6, 6.07) is 25.2. The van der Waals surface area contributed by atoms with Gasteiger partial charge in [0, 0.05) is 25.6 Å². The maximum Gasteiger partial charge on any atom is 0.271 e. The molecule has 0 aliphatic carbocycles. The Balaban J connectivity index is 1.38. The first-order chi connectivity index (χ1) is 21.1. The van der Waals surface area contributed by atoms with E-state index in [1.165, 1.54) is 6.07 Å². The molecule has 5 rings (SSSR count). The summed E-state index contributed by atoms with van der Waals surface area (Å²) in [5.41, 5.74) is 1.52. The number of amides is 1. The van der Waals surface area contributed by atoms with Gasteiger partial charge in [0.05, 0.1) is 23.9 Å². The number of aliphatic hydroxyl groups excluding tert-OH is 1. The number of sulfonamides is 1. The Morgan fingerprint density at radius 3 is 2.45 bits per heavy atom. The summed E-state index contributed by atoms with van der Waals surface area (Å²) in [6.45, 7) is 5.10. The van der Waals surface area contributed by atoms with Crippen molar-refractivity contribution in [2.24, 2.45) is 5.92 Å². The number of nitrogens with one attached hydrogen (secondary N) is 1. The molecular formula is C33H37N3O6S2. The summed E-state index contributed by atoms with van der Waals surface area (Å²) in [5, 5.41) is 11.6. The number of anilines is 1. The maximum absolute atomic E-state index is 13.7. The van der Waals surface area contributed by atoms with Crippen LogP contribution in [0.1, 0.15) is 29.8 Å². The van der Waals surface area contributed by atoms with Crippen molar-refractivity contribution in [2.75, 3.05) is 31.5 Å². The van der Waals surface area contributed by atoms with Gasteiger partial charge >= 0.3 is 0 Å².